The van der Waals surface area contributed by atoms with Gasteiger partial charge in [-0.1, -0.05) is 22.9 Å². The minimum absolute atomic E-state index is 0.220. The SMILES string of the molecule is C[C@@H](OC(=O)Nc1c(-c2ccc(NC(=O)C3C(F)(F)C34CC4)cn2)nnn1C)c1cccnc1Cl. The molecule has 2 saturated carbocycles. The van der Waals surface area contributed by atoms with Gasteiger partial charge in [-0.2, -0.15) is 0 Å². The van der Waals surface area contributed by atoms with E-state index < -0.39 is 35.4 Å². The molecule has 2 aliphatic rings. The first-order chi connectivity index (χ1) is 16.6. The van der Waals surface area contributed by atoms with Crippen LogP contribution in [-0.4, -0.2) is 42.9 Å². The monoisotopic (exact) mass is 503 g/mol. The molecule has 35 heavy (non-hydrogen) atoms. The number of pyridine rings is 2. The van der Waals surface area contributed by atoms with E-state index in [2.05, 4.69) is 30.9 Å². The Morgan fingerprint density at radius 3 is 2.63 bits per heavy atom. The van der Waals surface area contributed by atoms with Gasteiger partial charge in [0.15, 0.2) is 11.5 Å². The summed E-state index contributed by atoms with van der Waals surface area (Å²) >= 11 is 6.05. The normalized spacial score (nSPS) is 19.6. The lowest BCUT2D eigenvalue weighted by atomic mass is 10.2. The van der Waals surface area contributed by atoms with Gasteiger partial charge in [-0.3, -0.25) is 15.1 Å². The molecule has 0 saturated heterocycles. The van der Waals surface area contributed by atoms with Crippen LogP contribution in [0.25, 0.3) is 11.4 Å². The minimum Gasteiger partial charge on any atom is -0.441 e. The number of nitrogens with zero attached hydrogens (tertiary/aromatic N) is 5. The lowest BCUT2D eigenvalue weighted by molar-refractivity contribution is -0.119. The Hall–Kier alpha value is -3.67. The van der Waals surface area contributed by atoms with Gasteiger partial charge in [0, 0.05) is 18.8 Å². The summed E-state index contributed by atoms with van der Waals surface area (Å²) in [6.45, 7) is 1.65. The Balaban J connectivity index is 1.25. The van der Waals surface area contributed by atoms with Crippen molar-refractivity contribution >= 4 is 35.1 Å². The molecule has 2 atom stereocenters. The number of nitrogens with one attached hydrogen (secondary N) is 2. The van der Waals surface area contributed by atoms with Gasteiger partial charge in [-0.25, -0.2) is 23.2 Å². The van der Waals surface area contributed by atoms with Crippen molar-refractivity contribution < 1.29 is 23.1 Å². The second-order valence-electron chi connectivity index (χ2n) is 8.60. The molecule has 2 amide bonds. The number of hydrogen-bond donors (Lipinski definition) is 2. The Bertz CT molecular complexity index is 1310. The van der Waals surface area contributed by atoms with Gasteiger partial charge in [0.2, 0.25) is 5.91 Å². The average Bonchev–Trinajstić information content (AvgIpc) is 3.65. The predicted molar refractivity (Wildman–Crippen MR) is 121 cm³/mol. The number of aryl methyl sites for hydroxylation is 1. The molecule has 10 nitrogen and oxygen atoms in total. The smallest absolute Gasteiger partial charge is 0.413 e. The van der Waals surface area contributed by atoms with E-state index in [1.54, 1.807) is 26.1 Å². The van der Waals surface area contributed by atoms with Crippen LogP contribution in [0.4, 0.5) is 25.1 Å². The van der Waals surface area contributed by atoms with Crippen molar-refractivity contribution in [3.8, 4) is 11.4 Å². The molecule has 5 rings (SSSR count). The first-order valence-corrected chi connectivity index (χ1v) is 11.1. The van der Waals surface area contributed by atoms with Gasteiger partial charge >= 0.3 is 6.09 Å². The number of carbonyl (C=O) groups is 2. The third-order valence-corrected chi connectivity index (χ3v) is 6.69. The number of carbonyl (C=O) groups excluding carboxylic acids is 2. The van der Waals surface area contributed by atoms with E-state index >= 15 is 0 Å². The fourth-order valence-electron chi connectivity index (χ4n) is 4.23. The van der Waals surface area contributed by atoms with Gasteiger partial charge in [-0.05, 0) is 38.0 Å². The van der Waals surface area contributed by atoms with Crippen LogP contribution >= 0.6 is 11.6 Å². The third-order valence-electron chi connectivity index (χ3n) is 6.38. The Labute approximate surface area is 203 Å². The number of ether oxygens (including phenoxy) is 1. The van der Waals surface area contributed by atoms with Crippen molar-refractivity contribution in [1.29, 1.82) is 0 Å². The fourth-order valence-corrected chi connectivity index (χ4v) is 4.50. The molecule has 2 aliphatic carbocycles. The average molecular weight is 504 g/mol. The highest BCUT2D eigenvalue weighted by atomic mass is 35.5. The van der Waals surface area contributed by atoms with E-state index in [-0.39, 0.29) is 22.4 Å². The molecule has 182 valence electrons. The lowest BCUT2D eigenvalue weighted by Crippen LogP contribution is -2.19. The zero-order valence-corrected chi connectivity index (χ0v) is 19.4. The molecular weight excluding hydrogens is 484 g/mol. The van der Waals surface area contributed by atoms with Gasteiger partial charge in [0.05, 0.1) is 23.0 Å². The maximum absolute atomic E-state index is 13.9. The molecule has 0 bridgehead atoms. The lowest BCUT2D eigenvalue weighted by Gasteiger charge is -2.15. The van der Waals surface area contributed by atoms with E-state index in [4.69, 9.17) is 16.3 Å². The molecule has 2 N–H and O–H groups in total. The van der Waals surface area contributed by atoms with Crippen molar-refractivity contribution in [2.24, 2.45) is 18.4 Å². The summed E-state index contributed by atoms with van der Waals surface area (Å²) in [4.78, 5) is 33.0. The fraction of sp³-hybridized carbons (Fsp3) is 0.364. The first-order valence-electron chi connectivity index (χ1n) is 10.8. The second kappa shape index (κ2) is 8.22. The predicted octanol–water partition coefficient (Wildman–Crippen LogP) is 4.22. The van der Waals surface area contributed by atoms with Gasteiger partial charge in [0.25, 0.3) is 5.92 Å². The molecule has 0 aliphatic heterocycles. The van der Waals surface area contributed by atoms with Crippen LogP contribution in [0.1, 0.15) is 31.4 Å². The van der Waals surface area contributed by atoms with Crippen LogP contribution in [0.3, 0.4) is 0 Å². The van der Waals surface area contributed by atoms with Gasteiger partial charge < -0.3 is 10.1 Å². The molecule has 2 fully saturated rings. The largest absolute Gasteiger partial charge is 0.441 e. The van der Waals surface area contributed by atoms with Crippen molar-refractivity contribution in [1.82, 2.24) is 25.0 Å². The molecular formula is C22H20ClF2N7O3. The zero-order chi connectivity index (χ0) is 25.0. The van der Waals surface area contributed by atoms with E-state index in [1.165, 1.54) is 29.2 Å². The summed E-state index contributed by atoms with van der Waals surface area (Å²) in [7, 11) is 1.58. The van der Waals surface area contributed by atoms with Gasteiger partial charge in [0.1, 0.15) is 17.2 Å². The number of rotatable bonds is 6. The Kier molecular flexibility index (Phi) is 5.42. The summed E-state index contributed by atoms with van der Waals surface area (Å²) in [6.07, 6.45) is 2.16. The molecule has 3 aromatic rings. The van der Waals surface area contributed by atoms with Crippen LogP contribution in [0, 0.1) is 11.3 Å². The second-order valence-corrected chi connectivity index (χ2v) is 8.96. The van der Waals surface area contributed by atoms with Gasteiger partial charge in [-0.15, -0.1) is 5.10 Å². The zero-order valence-electron chi connectivity index (χ0n) is 18.6. The van der Waals surface area contributed by atoms with Crippen molar-refractivity contribution in [2.75, 3.05) is 10.6 Å². The minimum atomic E-state index is -2.95. The highest BCUT2D eigenvalue weighted by Gasteiger charge is 2.88. The van der Waals surface area contributed by atoms with E-state index in [1.807, 2.05) is 0 Å². The molecule has 1 spiro atoms. The number of anilines is 2. The Morgan fingerprint density at radius 2 is 2.00 bits per heavy atom. The Morgan fingerprint density at radius 1 is 1.23 bits per heavy atom. The topological polar surface area (TPSA) is 124 Å². The van der Waals surface area contributed by atoms with Crippen LogP contribution in [-0.2, 0) is 16.6 Å². The van der Waals surface area contributed by atoms with E-state index in [9.17, 15) is 18.4 Å². The first kappa shape index (κ1) is 23.1. The summed E-state index contributed by atoms with van der Waals surface area (Å²) in [5.74, 6) is -4.73. The van der Waals surface area contributed by atoms with E-state index in [0.717, 1.165) is 0 Å². The summed E-state index contributed by atoms with van der Waals surface area (Å²) in [5.41, 5.74) is 0.269. The molecule has 13 heteroatoms. The van der Waals surface area contributed by atoms with Crippen molar-refractivity contribution in [3.63, 3.8) is 0 Å². The molecule has 1 unspecified atom stereocenters. The number of halogens is 3. The number of aromatic nitrogens is 5. The van der Waals surface area contributed by atoms with Crippen molar-refractivity contribution in [2.45, 2.75) is 31.8 Å². The highest BCUT2D eigenvalue weighted by molar-refractivity contribution is 6.30. The quantitative estimate of drug-likeness (QED) is 0.482. The molecule has 3 aromatic heterocycles. The maximum Gasteiger partial charge on any atom is 0.413 e. The number of amides is 2. The standard InChI is InChI=1S/C22H20ClF2N7O3/c1-11(13-4-3-9-26-17(13)23)35-20(34)29-18-15(30-31-32(18)2)14-6-5-12(10-27-14)28-19(33)16-21(7-8-21)22(16,24)25/h3-6,9-11,16H,7-8H2,1-2H3,(H,28,33)(H,29,34)/t11-,16?/m1/s1. The van der Waals surface area contributed by atoms with Crippen LogP contribution in [0.15, 0.2) is 36.7 Å². The summed E-state index contributed by atoms with van der Waals surface area (Å²) < 4.78 is 34.5. The van der Waals surface area contributed by atoms with Crippen LogP contribution in [0.5, 0.6) is 0 Å². The van der Waals surface area contributed by atoms with Crippen molar-refractivity contribution in [3.05, 3.63) is 47.4 Å². The van der Waals surface area contributed by atoms with Crippen LogP contribution in [0.2, 0.25) is 5.15 Å². The molecule has 3 heterocycles. The number of alkyl halides is 2. The molecule has 0 radical (unpaired) electrons. The van der Waals surface area contributed by atoms with E-state index in [0.29, 0.717) is 24.1 Å². The maximum atomic E-state index is 13.9. The van der Waals surface area contributed by atoms with Crippen LogP contribution < -0.4 is 10.6 Å². The molecule has 0 aromatic carbocycles. The highest BCUT2D eigenvalue weighted by Crippen LogP contribution is 2.79. The number of hydrogen-bond acceptors (Lipinski definition) is 7. The summed E-state index contributed by atoms with van der Waals surface area (Å²) in [6, 6.07) is 6.43. The summed E-state index contributed by atoms with van der Waals surface area (Å²) in [5, 5.41) is 13.3. The third kappa shape index (κ3) is 3.97.